The lowest BCUT2D eigenvalue weighted by molar-refractivity contribution is -0.135. The van der Waals surface area contributed by atoms with Crippen LogP contribution >= 0.6 is 0 Å². The number of benzene rings is 2. The van der Waals surface area contributed by atoms with E-state index in [0.717, 1.165) is 18.4 Å². The highest BCUT2D eigenvalue weighted by atomic mass is 16.5. The Hall–Kier alpha value is -4.34. The summed E-state index contributed by atoms with van der Waals surface area (Å²) in [5, 5.41) is 10.1. The van der Waals surface area contributed by atoms with E-state index in [2.05, 4.69) is 15.8 Å². The Balaban J connectivity index is 1.25. The molecule has 2 aliphatic heterocycles. The molecule has 1 spiro atoms. The molecule has 3 heterocycles. The zero-order valence-electron chi connectivity index (χ0n) is 23.5. The Morgan fingerprint density at radius 2 is 1.85 bits per heavy atom. The molecule has 1 fully saturated rings. The van der Waals surface area contributed by atoms with E-state index >= 15 is 0 Å². The first-order valence-corrected chi connectivity index (χ1v) is 14.1. The van der Waals surface area contributed by atoms with E-state index in [9.17, 15) is 14.4 Å². The number of hydrogen-bond donors (Lipinski definition) is 2. The minimum Gasteiger partial charge on any atom is -0.497 e. The number of para-hydroxylation sites is 1. The zero-order chi connectivity index (χ0) is 28.8. The van der Waals surface area contributed by atoms with E-state index in [4.69, 9.17) is 14.0 Å². The quantitative estimate of drug-likeness (QED) is 0.495. The summed E-state index contributed by atoms with van der Waals surface area (Å²) in [6.07, 6.45) is 3.27. The van der Waals surface area contributed by atoms with E-state index in [1.807, 2.05) is 37.3 Å². The van der Waals surface area contributed by atoms with Crippen molar-refractivity contribution in [2.24, 2.45) is 5.41 Å². The number of methoxy groups -OCH3 is 1. The van der Waals surface area contributed by atoms with Crippen LogP contribution in [0.5, 0.6) is 11.5 Å². The zero-order valence-corrected chi connectivity index (χ0v) is 23.5. The molecule has 1 aromatic heterocycles. The smallest absolute Gasteiger partial charge is 0.276 e. The molecule has 5 rings (SSSR count). The standard InChI is InChI=1S/C31H36N4O6/c1-21-20-40-26-11-4-3-10-24(26)28(36)32-15-6-5-12-31(30(38)33-21)13-16-35(17-14-31)29(37)25-19-27(41-34-25)22-8-7-9-23(18-22)39-2/h3-4,7-11,18-19,21H,5-6,12-17,20H2,1-2H3,(H,32,36)(H,33,38)/t21-/m1/s1. The number of aromatic nitrogens is 1. The fourth-order valence-corrected chi connectivity index (χ4v) is 5.48. The molecule has 3 amide bonds. The molecular weight excluding hydrogens is 524 g/mol. The van der Waals surface area contributed by atoms with E-state index in [-0.39, 0.29) is 36.1 Å². The van der Waals surface area contributed by atoms with Crippen LogP contribution in [0.2, 0.25) is 0 Å². The number of piperidine rings is 1. The number of likely N-dealkylation sites (tertiary alicyclic amines) is 1. The van der Waals surface area contributed by atoms with Crippen LogP contribution in [-0.4, -0.2) is 67.2 Å². The highest BCUT2D eigenvalue weighted by Crippen LogP contribution is 2.38. The van der Waals surface area contributed by atoms with Crippen molar-refractivity contribution in [3.63, 3.8) is 0 Å². The van der Waals surface area contributed by atoms with Crippen molar-refractivity contribution in [3.8, 4) is 22.8 Å². The number of carbonyl (C=O) groups is 3. The van der Waals surface area contributed by atoms with Gasteiger partial charge in [0, 0.05) is 31.3 Å². The molecule has 0 radical (unpaired) electrons. The molecule has 10 heteroatoms. The summed E-state index contributed by atoms with van der Waals surface area (Å²) in [7, 11) is 1.59. The average Bonchev–Trinajstić information content (AvgIpc) is 3.50. The molecule has 2 N–H and O–H groups in total. The van der Waals surface area contributed by atoms with Crippen molar-refractivity contribution in [3.05, 3.63) is 65.9 Å². The van der Waals surface area contributed by atoms with E-state index in [1.165, 1.54) is 0 Å². The summed E-state index contributed by atoms with van der Waals surface area (Å²) in [5.41, 5.74) is 0.880. The van der Waals surface area contributed by atoms with Crippen LogP contribution in [0.15, 0.2) is 59.1 Å². The van der Waals surface area contributed by atoms with Gasteiger partial charge in [-0.25, -0.2) is 0 Å². The van der Waals surface area contributed by atoms with E-state index < -0.39 is 5.41 Å². The first kappa shape index (κ1) is 28.2. The van der Waals surface area contributed by atoms with Gasteiger partial charge in [0.05, 0.1) is 24.1 Å². The van der Waals surface area contributed by atoms with Crippen molar-refractivity contribution in [1.82, 2.24) is 20.7 Å². The van der Waals surface area contributed by atoms with Crippen molar-refractivity contribution in [1.29, 1.82) is 0 Å². The lowest BCUT2D eigenvalue weighted by atomic mass is 9.73. The van der Waals surface area contributed by atoms with Gasteiger partial charge in [0.2, 0.25) is 5.91 Å². The predicted octanol–water partition coefficient (Wildman–Crippen LogP) is 4.07. The van der Waals surface area contributed by atoms with Gasteiger partial charge in [-0.2, -0.15) is 0 Å². The summed E-state index contributed by atoms with van der Waals surface area (Å²) in [4.78, 5) is 41.4. The minimum atomic E-state index is -0.605. The number of carbonyl (C=O) groups excluding carboxylic acids is 3. The maximum Gasteiger partial charge on any atom is 0.276 e. The molecule has 2 aliphatic rings. The number of rotatable bonds is 3. The van der Waals surface area contributed by atoms with Gasteiger partial charge in [-0.3, -0.25) is 14.4 Å². The molecular formula is C31H36N4O6. The Labute approximate surface area is 239 Å². The number of hydrogen-bond acceptors (Lipinski definition) is 7. The predicted molar refractivity (Wildman–Crippen MR) is 152 cm³/mol. The van der Waals surface area contributed by atoms with Crippen LogP contribution in [-0.2, 0) is 4.79 Å². The Bertz CT molecular complexity index is 1390. The van der Waals surface area contributed by atoms with Crippen LogP contribution in [0.25, 0.3) is 11.3 Å². The van der Waals surface area contributed by atoms with Crippen LogP contribution in [0.3, 0.4) is 0 Å². The van der Waals surface area contributed by atoms with Crippen molar-refractivity contribution < 1.29 is 28.4 Å². The van der Waals surface area contributed by atoms with Gasteiger partial charge in [-0.05, 0) is 56.9 Å². The molecule has 1 saturated heterocycles. The molecule has 1 atom stereocenters. The molecule has 0 saturated carbocycles. The molecule has 3 aromatic rings. The Morgan fingerprint density at radius 1 is 1.05 bits per heavy atom. The lowest BCUT2D eigenvalue weighted by Crippen LogP contribution is -2.52. The van der Waals surface area contributed by atoms with Gasteiger partial charge < -0.3 is 29.5 Å². The number of amides is 3. The average molecular weight is 561 g/mol. The Kier molecular flexibility index (Phi) is 8.56. The maximum atomic E-state index is 13.7. The Morgan fingerprint density at radius 3 is 2.66 bits per heavy atom. The monoisotopic (exact) mass is 560 g/mol. The number of nitrogens with one attached hydrogen (secondary N) is 2. The van der Waals surface area contributed by atoms with Gasteiger partial charge in [-0.15, -0.1) is 0 Å². The third kappa shape index (κ3) is 6.37. The van der Waals surface area contributed by atoms with Crippen molar-refractivity contribution in [2.45, 2.75) is 45.1 Å². The third-order valence-corrected chi connectivity index (χ3v) is 7.94. The molecule has 0 bridgehead atoms. The summed E-state index contributed by atoms with van der Waals surface area (Å²) < 4.78 is 16.7. The van der Waals surface area contributed by atoms with E-state index in [0.29, 0.717) is 61.7 Å². The molecule has 0 unspecified atom stereocenters. The highest BCUT2D eigenvalue weighted by molar-refractivity contribution is 5.97. The summed E-state index contributed by atoms with van der Waals surface area (Å²) >= 11 is 0. The summed E-state index contributed by atoms with van der Waals surface area (Å²) in [6, 6.07) is 15.9. The van der Waals surface area contributed by atoms with Gasteiger partial charge in [0.25, 0.3) is 11.8 Å². The minimum absolute atomic E-state index is 0.0168. The van der Waals surface area contributed by atoms with Crippen LogP contribution in [0.1, 0.15) is 59.9 Å². The number of fused-ring (bicyclic) bond motifs is 1. The molecule has 216 valence electrons. The first-order valence-electron chi connectivity index (χ1n) is 14.1. The highest BCUT2D eigenvalue weighted by Gasteiger charge is 2.42. The van der Waals surface area contributed by atoms with E-state index in [1.54, 1.807) is 36.3 Å². The molecule has 10 nitrogen and oxygen atoms in total. The second-order valence-corrected chi connectivity index (χ2v) is 10.8. The number of ether oxygens (including phenoxy) is 2. The maximum absolute atomic E-state index is 13.7. The van der Waals surface area contributed by atoms with Gasteiger partial charge in [-0.1, -0.05) is 35.8 Å². The van der Waals surface area contributed by atoms with Gasteiger partial charge in [0.15, 0.2) is 11.5 Å². The van der Waals surface area contributed by atoms with Crippen molar-refractivity contribution in [2.75, 3.05) is 33.4 Å². The molecule has 0 aliphatic carbocycles. The second-order valence-electron chi connectivity index (χ2n) is 10.8. The first-order chi connectivity index (χ1) is 19.9. The SMILES string of the molecule is COc1cccc(-c2cc(C(=O)N3CCC4(CCCCNC(=O)c5ccccc5OC[C@@H](C)NC4=O)CC3)no2)c1. The fourth-order valence-electron chi connectivity index (χ4n) is 5.48. The summed E-state index contributed by atoms with van der Waals surface area (Å²) in [6.45, 7) is 3.50. The number of nitrogens with zero attached hydrogens (tertiary/aromatic N) is 2. The molecule has 41 heavy (non-hydrogen) atoms. The lowest BCUT2D eigenvalue weighted by Gasteiger charge is -2.41. The topological polar surface area (TPSA) is 123 Å². The third-order valence-electron chi connectivity index (χ3n) is 7.94. The fraction of sp³-hybridized carbons (Fsp3) is 0.419. The van der Waals surface area contributed by atoms with Crippen LogP contribution in [0, 0.1) is 5.41 Å². The van der Waals surface area contributed by atoms with Crippen LogP contribution < -0.4 is 20.1 Å². The molecule has 2 aromatic carbocycles. The van der Waals surface area contributed by atoms with Crippen LogP contribution in [0.4, 0.5) is 0 Å². The largest absolute Gasteiger partial charge is 0.497 e. The van der Waals surface area contributed by atoms with Crippen molar-refractivity contribution >= 4 is 17.7 Å². The van der Waals surface area contributed by atoms with Gasteiger partial charge >= 0.3 is 0 Å². The second kappa shape index (κ2) is 12.4. The normalized spacial score (nSPS) is 19.8. The van der Waals surface area contributed by atoms with Gasteiger partial charge in [0.1, 0.15) is 18.1 Å². The summed E-state index contributed by atoms with van der Waals surface area (Å²) in [5.74, 6) is 1.25.